The first-order chi connectivity index (χ1) is 12.1. The Labute approximate surface area is 145 Å². The van der Waals surface area contributed by atoms with E-state index in [0.717, 1.165) is 35.5 Å². The summed E-state index contributed by atoms with van der Waals surface area (Å²) in [5.41, 5.74) is 3.73. The van der Waals surface area contributed by atoms with Crippen molar-refractivity contribution in [3.8, 4) is 0 Å². The zero-order valence-corrected chi connectivity index (χ0v) is 13.9. The Morgan fingerprint density at radius 2 is 2.08 bits per heavy atom. The molecule has 0 fully saturated rings. The van der Waals surface area contributed by atoms with Crippen molar-refractivity contribution < 1.29 is 9.18 Å². The number of hydrogen-bond donors (Lipinski definition) is 1. The number of aromatic nitrogens is 2. The first-order valence-corrected chi connectivity index (χ1v) is 8.38. The van der Waals surface area contributed by atoms with E-state index in [2.05, 4.69) is 15.3 Å². The monoisotopic (exact) mass is 338 g/mol. The van der Waals surface area contributed by atoms with Crippen molar-refractivity contribution in [2.24, 2.45) is 0 Å². The predicted octanol–water partition coefficient (Wildman–Crippen LogP) is 2.78. The Balaban J connectivity index is 1.62. The summed E-state index contributed by atoms with van der Waals surface area (Å²) >= 11 is 0. The summed E-state index contributed by atoms with van der Waals surface area (Å²) < 4.78 is 15.0. The van der Waals surface area contributed by atoms with Crippen LogP contribution in [0.4, 0.5) is 10.1 Å². The van der Waals surface area contributed by atoms with Crippen LogP contribution in [-0.2, 0) is 4.79 Å². The number of amides is 1. The maximum atomic E-state index is 13.1. The fourth-order valence-electron chi connectivity index (χ4n) is 3.33. The topological polar surface area (TPSA) is 50.2 Å². The minimum Gasteiger partial charge on any atom is -0.352 e. The van der Waals surface area contributed by atoms with Gasteiger partial charge in [-0.25, -0.2) is 4.39 Å². The molecule has 128 valence electrons. The Morgan fingerprint density at radius 3 is 2.88 bits per heavy atom. The molecule has 25 heavy (non-hydrogen) atoms. The molecule has 1 amide bonds. The van der Waals surface area contributed by atoms with Gasteiger partial charge in [-0.3, -0.25) is 9.48 Å². The number of rotatable bonds is 3. The lowest BCUT2D eigenvalue weighted by molar-refractivity contribution is -0.117. The van der Waals surface area contributed by atoms with E-state index in [1.54, 1.807) is 12.1 Å². The van der Waals surface area contributed by atoms with Gasteiger partial charge in [0.25, 0.3) is 5.91 Å². The minimum atomic E-state index is -0.243. The third-order valence-electron chi connectivity index (χ3n) is 4.75. The second-order valence-corrected chi connectivity index (χ2v) is 6.29. The van der Waals surface area contributed by atoms with Crippen LogP contribution < -0.4 is 10.2 Å². The van der Waals surface area contributed by atoms with Crippen LogP contribution in [0, 0.1) is 5.82 Å². The summed E-state index contributed by atoms with van der Waals surface area (Å²) in [7, 11) is 0. The number of hydrogen-bond acceptors (Lipinski definition) is 3. The number of carbonyl (C=O) groups excluding carboxylic acids is 1. The molecule has 2 aliphatic rings. The highest BCUT2D eigenvalue weighted by atomic mass is 19.1. The van der Waals surface area contributed by atoms with Crippen molar-refractivity contribution in [1.29, 1.82) is 0 Å². The van der Waals surface area contributed by atoms with Crippen LogP contribution >= 0.6 is 0 Å². The third kappa shape index (κ3) is 2.84. The van der Waals surface area contributed by atoms with Gasteiger partial charge >= 0.3 is 0 Å². The molecular weight excluding hydrogens is 319 g/mol. The van der Waals surface area contributed by atoms with Gasteiger partial charge in [0.05, 0.1) is 23.5 Å². The molecule has 2 aromatic rings. The SMILES string of the molecule is CC(c1ccc(F)cc1)n1cc(N2CC=CC3=C2CCNC3=O)cn1. The van der Waals surface area contributed by atoms with E-state index < -0.39 is 0 Å². The van der Waals surface area contributed by atoms with E-state index in [1.807, 2.05) is 36.2 Å². The molecule has 0 radical (unpaired) electrons. The summed E-state index contributed by atoms with van der Waals surface area (Å²) in [6.45, 7) is 3.41. The van der Waals surface area contributed by atoms with Crippen LogP contribution in [0.1, 0.15) is 24.9 Å². The Bertz CT molecular complexity index is 866. The largest absolute Gasteiger partial charge is 0.352 e. The Morgan fingerprint density at radius 1 is 1.28 bits per heavy atom. The first-order valence-electron chi connectivity index (χ1n) is 8.38. The maximum absolute atomic E-state index is 13.1. The molecule has 0 spiro atoms. The predicted molar refractivity (Wildman–Crippen MR) is 93.6 cm³/mol. The quantitative estimate of drug-likeness (QED) is 0.936. The van der Waals surface area contributed by atoms with Crippen molar-refractivity contribution in [3.05, 3.63) is 71.5 Å². The van der Waals surface area contributed by atoms with Crippen LogP contribution in [0.15, 0.2) is 60.1 Å². The van der Waals surface area contributed by atoms with Gasteiger partial charge in [0.1, 0.15) is 5.82 Å². The summed E-state index contributed by atoms with van der Waals surface area (Å²) in [4.78, 5) is 14.2. The molecule has 6 heteroatoms. The lowest BCUT2D eigenvalue weighted by Crippen LogP contribution is -2.38. The van der Waals surface area contributed by atoms with Gasteiger partial charge < -0.3 is 10.2 Å². The van der Waals surface area contributed by atoms with Crippen LogP contribution in [0.25, 0.3) is 0 Å². The molecular formula is C19H19FN4O. The van der Waals surface area contributed by atoms with Crippen LogP contribution in [0.5, 0.6) is 0 Å². The zero-order chi connectivity index (χ0) is 17.4. The van der Waals surface area contributed by atoms with Crippen molar-refractivity contribution in [2.75, 3.05) is 18.0 Å². The molecule has 2 aliphatic heterocycles. The molecule has 1 atom stereocenters. The minimum absolute atomic E-state index is 0.00205. The fraction of sp³-hybridized carbons (Fsp3) is 0.263. The summed E-state index contributed by atoms with van der Waals surface area (Å²) in [5.74, 6) is -0.262. The van der Waals surface area contributed by atoms with Gasteiger partial charge in [-0.15, -0.1) is 0 Å². The number of benzene rings is 1. The Kier molecular flexibility index (Phi) is 3.87. The van der Waals surface area contributed by atoms with Crippen molar-refractivity contribution in [3.63, 3.8) is 0 Å². The molecule has 1 aromatic heterocycles. The van der Waals surface area contributed by atoms with Gasteiger partial charge in [0.15, 0.2) is 0 Å². The molecule has 0 bridgehead atoms. The maximum Gasteiger partial charge on any atom is 0.253 e. The molecule has 4 rings (SSSR count). The van der Waals surface area contributed by atoms with Crippen LogP contribution in [0.2, 0.25) is 0 Å². The highest BCUT2D eigenvalue weighted by Crippen LogP contribution is 2.29. The van der Waals surface area contributed by atoms with E-state index in [-0.39, 0.29) is 17.8 Å². The van der Waals surface area contributed by atoms with Crippen molar-refractivity contribution in [2.45, 2.75) is 19.4 Å². The average molecular weight is 338 g/mol. The van der Waals surface area contributed by atoms with Crippen molar-refractivity contribution in [1.82, 2.24) is 15.1 Å². The summed E-state index contributed by atoms with van der Waals surface area (Å²) in [5, 5.41) is 7.36. The number of halogens is 1. The van der Waals surface area contributed by atoms with Crippen molar-refractivity contribution >= 4 is 11.6 Å². The molecule has 1 N–H and O–H groups in total. The number of carbonyl (C=O) groups is 1. The Hall–Kier alpha value is -2.89. The molecule has 5 nitrogen and oxygen atoms in total. The van der Waals surface area contributed by atoms with E-state index in [1.165, 1.54) is 12.1 Å². The molecule has 0 saturated heterocycles. The second kappa shape index (κ2) is 6.20. The van der Waals surface area contributed by atoms with E-state index >= 15 is 0 Å². The van der Waals surface area contributed by atoms with Gasteiger partial charge in [-0.2, -0.15) is 5.10 Å². The highest BCUT2D eigenvalue weighted by molar-refractivity contribution is 5.99. The van der Waals surface area contributed by atoms with Gasteiger partial charge in [-0.1, -0.05) is 18.2 Å². The molecule has 3 heterocycles. The average Bonchev–Trinajstić information content (AvgIpc) is 3.12. The lowest BCUT2D eigenvalue weighted by Gasteiger charge is -2.32. The van der Waals surface area contributed by atoms with E-state index in [0.29, 0.717) is 6.54 Å². The van der Waals surface area contributed by atoms with Gasteiger partial charge in [0.2, 0.25) is 0 Å². The third-order valence-corrected chi connectivity index (χ3v) is 4.75. The number of nitrogens with one attached hydrogen (secondary N) is 1. The first kappa shape index (κ1) is 15.6. The summed E-state index contributed by atoms with van der Waals surface area (Å²) in [6, 6.07) is 6.47. The van der Waals surface area contributed by atoms with Gasteiger partial charge in [0, 0.05) is 31.4 Å². The molecule has 0 saturated carbocycles. The molecule has 1 unspecified atom stereocenters. The zero-order valence-electron chi connectivity index (χ0n) is 13.9. The number of nitrogens with zero attached hydrogens (tertiary/aromatic N) is 3. The molecule has 0 aliphatic carbocycles. The van der Waals surface area contributed by atoms with Crippen LogP contribution in [-0.4, -0.2) is 28.8 Å². The smallest absolute Gasteiger partial charge is 0.253 e. The van der Waals surface area contributed by atoms with Gasteiger partial charge in [-0.05, 0) is 30.7 Å². The fourth-order valence-corrected chi connectivity index (χ4v) is 3.33. The standard InChI is InChI=1S/C19H19FN4O/c1-13(14-4-6-15(20)7-5-14)24-12-16(11-22-24)23-10-2-3-17-18(23)8-9-21-19(17)25/h2-7,11-13H,8-10H2,1H3,(H,21,25). The molecule has 1 aromatic carbocycles. The highest BCUT2D eigenvalue weighted by Gasteiger charge is 2.26. The number of anilines is 1. The summed E-state index contributed by atoms with van der Waals surface area (Å²) in [6.07, 6.45) is 8.49. The lowest BCUT2D eigenvalue weighted by atomic mass is 10.0. The van der Waals surface area contributed by atoms with E-state index in [4.69, 9.17) is 0 Å². The second-order valence-electron chi connectivity index (χ2n) is 6.29. The normalized spacial score (nSPS) is 18.2. The van der Waals surface area contributed by atoms with E-state index in [9.17, 15) is 9.18 Å². The van der Waals surface area contributed by atoms with Crippen LogP contribution in [0.3, 0.4) is 0 Å².